The van der Waals surface area contributed by atoms with E-state index >= 15 is 0 Å². The lowest BCUT2D eigenvalue weighted by molar-refractivity contribution is -0.137. The van der Waals surface area contributed by atoms with E-state index in [1.807, 2.05) is 24.3 Å². The molecule has 8 heteroatoms. The molecule has 2 aromatic carbocycles. The lowest BCUT2D eigenvalue weighted by Crippen LogP contribution is -2.51. The summed E-state index contributed by atoms with van der Waals surface area (Å²) in [4.78, 5) is 16.2. The molecule has 1 fully saturated rings. The van der Waals surface area contributed by atoms with Crippen molar-refractivity contribution in [2.45, 2.75) is 12.7 Å². The maximum Gasteiger partial charge on any atom is 0.416 e. The normalized spacial score (nSPS) is 14.7. The summed E-state index contributed by atoms with van der Waals surface area (Å²) in [6.45, 7) is 2.39. The molecule has 5 nitrogen and oxygen atoms in total. The number of hydrogen-bond donors (Lipinski definition) is 1. The molecule has 1 aliphatic rings. The highest BCUT2D eigenvalue weighted by Gasteiger charge is 2.30. The number of para-hydroxylation sites is 2. The third-order valence-electron chi connectivity index (χ3n) is 4.69. The maximum atomic E-state index is 12.8. The fraction of sp³-hybridized carbons (Fsp3) is 0.350. The molecule has 2 amide bonds. The van der Waals surface area contributed by atoms with E-state index in [0.717, 1.165) is 23.6 Å². The van der Waals surface area contributed by atoms with Gasteiger partial charge in [0, 0.05) is 32.7 Å². The molecule has 0 aliphatic carbocycles. The minimum absolute atomic E-state index is 0.0511. The van der Waals surface area contributed by atoms with Crippen molar-refractivity contribution in [3.8, 4) is 5.75 Å². The van der Waals surface area contributed by atoms with Gasteiger partial charge in [-0.1, -0.05) is 24.3 Å². The number of halogens is 3. The van der Waals surface area contributed by atoms with Crippen molar-refractivity contribution < 1.29 is 22.7 Å². The molecule has 0 radical (unpaired) electrons. The van der Waals surface area contributed by atoms with Crippen LogP contribution in [0.4, 0.5) is 23.7 Å². The number of alkyl halides is 3. The molecule has 1 N–H and O–H groups in total. The Balaban J connectivity index is 1.53. The third-order valence-corrected chi connectivity index (χ3v) is 4.69. The molecule has 0 atom stereocenters. The first-order chi connectivity index (χ1) is 13.4. The zero-order valence-electron chi connectivity index (χ0n) is 15.5. The first-order valence-corrected chi connectivity index (χ1v) is 8.95. The van der Waals surface area contributed by atoms with Crippen LogP contribution in [0.15, 0.2) is 48.5 Å². The van der Waals surface area contributed by atoms with Gasteiger partial charge in [-0.15, -0.1) is 0 Å². The Morgan fingerprint density at radius 2 is 1.79 bits per heavy atom. The van der Waals surface area contributed by atoms with Gasteiger partial charge in [-0.2, -0.15) is 13.2 Å². The highest BCUT2D eigenvalue weighted by Crippen LogP contribution is 2.30. The minimum atomic E-state index is -4.39. The van der Waals surface area contributed by atoms with E-state index in [2.05, 4.69) is 10.2 Å². The first kappa shape index (κ1) is 19.9. The summed E-state index contributed by atoms with van der Waals surface area (Å²) in [6, 6.07) is 12.4. The van der Waals surface area contributed by atoms with Crippen LogP contribution in [0.2, 0.25) is 0 Å². The highest BCUT2D eigenvalue weighted by molar-refractivity contribution is 5.74. The van der Waals surface area contributed by atoms with E-state index < -0.39 is 11.7 Å². The van der Waals surface area contributed by atoms with Crippen LogP contribution < -0.4 is 15.0 Å². The van der Waals surface area contributed by atoms with Gasteiger partial charge in [-0.3, -0.25) is 0 Å². The zero-order valence-corrected chi connectivity index (χ0v) is 15.5. The van der Waals surface area contributed by atoms with E-state index in [1.54, 1.807) is 18.1 Å². The fourth-order valence-electron chi connectivity index (χ4n) is 3.19. The number of anilines is 1. The molecule has 1 heterocycles. The average molecular weight is 393 g/mol. The van der Waals surface area contributed by atoms with Crippen molar-refractivity contribution >= 4 is 11.7 Å². The second-order valence-electron chi connectivity index (χ2n) is 6.50. The molecule has 0 unspecified atom stereocenters. The van der Waals surface area contributed by atoms with Crippen LogP contribution >= 0.6 is 0 Å². The van der Waals surface area contributed by atoms with Crippen LogP contribution in [0.3, 0.4) is 0 Å². The Morgan fingerprint density at radius 3 is 2.46 bits per heavy atom. The van der Waals surface area contributed by atoms with E-state index in [4.69, 9.17) is 4.74 Å². The van der Waals surface area contributed by atoms with Crippen molar-refractivity contribution in [1.29, 1.82) is 0 Å². The van der Waals surface area contributed by atoms with Gasteiger partial charge >= 0.3 is 12.2 Å². The Labute approximate surface area is 161 Å². The van der Waals surface area contributed by atoms with Gasteiger partial charge in [0.1, 0.15) is 5.75 Å². The first-order valence-electron chi connectivity index (χ1n) is 8.95. The second kappa shape index (κ2) is 8.41. The van der Waals surface area contributed by atoms with Crippen LogP contribution in [-0.2, 0) is 12.7 Å². The van der Waals surface area contributed by atoms with Crippen LogP contribution in [0.1, 0.15) is 11.1 Å². The van der Waals surface area contributed by atoms with Gasteiger partial charge in [0.15, 0.2) is 0 Å². The molecular weight excluding hydrogens is 371 g/mol. The van der Waals surface area contributed by atoms with Crippen molar-refractivity contribution in [3.63, 3.8) is 0 Å². The van der Waals surface area contributed by atoms with Gasteiger partial charge in [-0.05, 0) is 29.8 Å². The molecule has 3 rings (SSSR count). The van der Waals surface area contributed by atoms with Crippen molar-refractivity contribution in [2.75, 3.05) is 38.2 Å². The number of methoxy groups -OCH3 is 1. The Morgan fingerprint density at radius 1 is 1.07 bits per heavy atom. The van der Waals surface area contributed by atoms with Crippen molar-refractivity contribution in [2.24, 2.45) is 0 Å². The van der Waals surface area contributed by atoms with E-state index in [1.165, 1.54) is 6.07 Å². The predicted octanol–water partition coefficient (Wildman–Crippen LogP) is 3.75. The van der Waals surface area contributed by atoms with E-state index in [9.17, 15) is 18.0 Å². The van der Waals surface area contributed by atoms with Gasteiger partial charge in [0.2, 0.25) is 0 Å². The number of carbonyl (C=O) groups excluding carboxylic acids is 1. The molecule has 0 spiro atoms. The second-order valence-corrected chi connectivity index (χ2v) is 6.50. The quantitative estimate of drug-likeness (QED) is 0.861. The lowest BCUT2D eigenvalue weighted by Gasteiger charge is -2.36. The number of benzene rings is 2. The molecule has 1 aliphatic heterocycles. The van der Waals surface area contributed by atoms with Gasteiger partial charge in [-0.25, -0.2) is 4.79 Å². The van der Waals surface area contributed by atoms with E-state index in [-0.39, 0.29) is 12.6 Å². The standard InChI is InChI=1S/C20H22F3N3O2/c1-28-18-8-3-2-7-17(18)25-9-11-26(12-10-25)19(27)24-14-15-5-4-6-16(13-15)20(21,22)23/h2-8,13H,9-12,14H2,1H3,(H,24,27). The number of nitrogens with zero attached hydrogens (tertiary/aromatic N) is 2. The number of carbonyl (C=O) groups is 1. The monoisotopic (exact) mass is 393 g/mol. The summed E-state index contributed by atoms with van der Waals surface area (Å²) >= 11 is 0. The van der Waals surface area contributed by atoms with Crippen molar-refractivity contribution in [1.82, 2.24) is 10.2 Å². The van der Waals surface area contributed by atoms with E-state index in [0.29, 0.717) is 31.7 Å². The number of piperazine rings is 1. The topological polar surface area (TPSA) is 44.8 Å². The molecule has 150 valence electrons. The summed E-state index contributed by atoms with van der Waals surface area (Å²) < 4.78 is 43.7. The third kappa shape index (κ3) is 4.68. The van der Waals surface area contributed by atoms with Crippen LogP contribution in [-0.4, -0.2) is 44.2 Å². The van der Waals surface area contributed by atoms with Crippen LogP contribution in [0.25, 0.3) is 0 Å². The SMILES string of the molecule is COc1ccccc1N1CCN(C(=O)NCc2cccc(C(F)(F)F)c2)CC1. The number of rotatable bonds is 4. The maximum absolute atomic E-state index is 12.8. The molecular formula is C20H22F3N3O2. The fourth-order valence-corrected chi connectivity index (χ4v) is 3.19. The number of ether oxygens (including phenoxy) is 1. The number of amides is 2. The molecule has 0 aromatic heterocycles. The zero-order chi connectivity index (χ0) is 20.1. The van der Waals surface area contributed by atoms with Crippen LogP contribution in [0, 0.1) is 0 Å². The van der Waals surface area contributed by atoms with Gasteiger partial charge < -0.3 is 19.9 Å². The Bertz CT molecular complexity index is 818. The highest BCUT2D eigenvalue weighted by atomic mass is 19.4. The largest absolute Gasteiger partial charge is 0.495 e. The molecule has 2 aromatic rings. The Hall–Kier alpha value is -2.90. The van der Waals surface area contributed by atoms with Gasteiger partial charge in [0.25, 0.3) is 0 Å². The van der Waals surface area contributed by atoms with Crippen LogP contribution in [0.5, 0.6) is 5.75 Å². The summed E-state index contributed by atoms with van der Waals surface area (Å²) in [5.74, 6) is 0.782. The molecule has 0 bridgehead atoms. The minimum Gasteiger partial charge on any atom is -0.495 e. The van der Waals surface area contributed by atoms with Crippen molar-refractivity contribution in [3.05, 3.63) is 59.7 Å². The predicted molar refractivity (Wildman–Crippen MR) is 100 cm³/mol. The van der Waals surface area contributed by atoms with Gasteiger partial charge in [0.05, 0.1) is 18.4 Å². The summed E-state index contributed by atoms with van der Waals surface area (Å²) in [5.41, 5.74) is 0.675. The number of hydrogen-bond acceptors (Lipinski definition) is 3. The summed E-state index contributed by atoms with van der Waals surface area (Å²) in [7, 11) is 1.62. The summed E-state index contributed by atoms with van der Waals surface area (Å²) in [5, 5.41) is 2.70. The molecule has 1 saturated heterocycles. The molecule has 0 saturated carbocycles. The average Bonchev–Trinajstić information content (AvgIpc) is 2.71. The number of urea groups is 1. The summed E-state index contributed by atoms with van der Waals surface area (Å²) in [6.07, 6.45) is -4.39. The smallest absolute Gasteiger partial charge is 0.416 e. The number of nitrogens with one attached hydrogen (secondary N) is 1. The lowest BCUT2D eigenvalue weighted by atomic mass is 10.1. The molecule has 28 heavy (non-hydrogen) atoms. The Kier molecular flexibility index (Phi) is 5.96.